The Kier molecular flexibility index (Phi) is 5.83. The van der Waals surface area contributed by atoms with Gasteiger partial charge in [0.2, 0.25) is 0 Å². The summed E-state index contributed by atoms with van der Waals surface area (Å²) in [6, 6.07) is 0.706. The molecule has 5 nitrogen and oxygen atoms in total. The molecule has 0 amide bonds. The molecule has 0 saturated heterocycles. The van der Waals surface area contributed by atoms with E-state index in [-0.39, 0.29) is 12.1 Å². The molecule has 0 spiro atoms. The number of hydrogen-bond donors (Lipinski definition) is 1. The van der Waals surface area contributed by atoms with Gasteiger partial charge in [0.25, 0.3) is 5.56 Å². The van der Waals surface area contributed by atoms with Crippen LogP contribution in [-0.4, -0.2) is 40.9 Å². The SMILES string of the molecule is C#CCn1ncc(NCCN(C)C2CCCC2)c(Br)c1=O. The standard InChI is InChI=1S/C15H21BrN4O/c1-3-9-20-15(21)14(16)13(11-18-20)17-8-10-19(2)12-6-4-5-7-12/h1,11-12,17H,4-10H2,2H3. The van der Waals surface area contributed by atoms with E-state index in [1.54, 1.807) is 6.20 Å². The number of aromatic nitrogens is 2. The van der Waals surface area contributed by atoms with Gasteiger partial charge in [-0.15, -0.1) is 6.42 Å². The van der Waals surface area contributed by atoms with Gasteiger partial charge in [-0.3, -0.25) is 4.79 Å². The fourth-order valence-electron chi connectivity index (χ4n) is 2.68. The number of halogens is 1. The Labute approximate surface area is 133 Å². The van der Waals surface area contributed by atoms with Gasteiger partial charge in [0, 0.05) is 19.1 Å². The molecule has 2 rings (SSSR count). The van der Waals surface area contributed by atoms with Crippen LogP contribution in [-0.2, 0) is 6.54 Å². The number of nitrogens with one attached hydrogen (secondary N) is 1. The van der Waals surface area contributed by atoms with Crippen LogP contribution in [0, 0.1) is 12.3 Å². The van der Waals surface area contributed by atoms with E-state index >= 15 is 0 Å². The fourth-order valence-corrected chi connectivity index (χ4v) is 3.13. The minimum absolute atomic E-state index is 0.183. The Morgan fingerprint density at radius 2 is 2.29 bits per heavy atom. The second kappa shape index (κ2) is 7.62. The molecule has 114 valence electrons. The van der Waals surface area contributed by atoms with Crippen molar-refractivity contribution in [2.45, 2.75) is 38.3 Å². The van der Waals surface area contributed by atoms with Gasteiger partial charge in [-0.1, -0.05) is 18.8 Å². The highest BCUT2D eigenvalue weighted by Crippen LogP contribution is 2.22. The Morgan fingerprint density at radius 1 is 1.57 bits per heavy atom. The maximum atomic E-state index is 12.0. The average molecular weight is 353 g/mol. The summed E-state index contributed by atoms with van der Waals surface area (Å²) < 4.78 is 1.75. The van der Waals surface area contributed by atoms with Crippen molar-refractivity contribution in [3.8, 4) is 12.3 Å². The molecule has 1 aliphatic carbocycles. The molecule has 6 heteroatoms. The van der Waals surface area contributed by atoms with Gasteiger partial charge in [-0.2, -0.15) is 5.10 Å². The first-order valence-electron chi connectivity index (χ1n) is 7.26. The number of terminal acetylenes is 1. The van der Waals surface area contributed by atoms with Crippen LogP contribution < -0.4 is 10.9 Å². The first-order chi connectivity index (χ1) is 10.1. The van der Waals surface area contributed by atoms with Crippen molar-refractivity contribution in [3.05, 3.63) is 21.0 Å². The second-order valence-corrected chi connectivity index (χ2v) is 6.18. The number of likely N-dealkylation sites (N-methyl/N-ethyl adjacent to an activating group) is 1. The molecule has 0 atom stereocenters. The third kappa shape index (κ3) is 4.08. The summed E-state index contributed by atoms with van der Waals surface area (Å²) in [6.07, 6.45) is 12.1. The normalized spacial score (nSPS) is 15.3. The van der Waals surface area contributed by atoms with Gasteiger partial charge in [0.1, 0.15) is 11.0 Å². The zero-order valence-electron chi connectivity index (χ0n) is 12.3. The summed E-state index contributed by atoms with van der Waals surface area (Å²) in [5, 5.41) is 7.32. The molecule has 1 N–H and O–H groups in total. The zero-order chi connectivity index (χ0) is 15.2. The molecule has 1 aromatic rings. The first-order valence-corrected chi connectivity index (χ1v) is 8.06. The van der Waals surface area contributed by atoms with Crippen molar-refractivity contribution in [2.75, 3.05) is 25.5 Å². The number of nitrogens with zero attached hydrogens (tertiary/aromatic N) is 3. The lowest BCUT2D eigenvalue weighted by Crippen LogP contribution is -2.33. The van der Waals surface area contributed by atoms with Gasteiger partial charge >= 0.3 is 0 Å². The molecule has 1 heterocycles. The first kappa shape index (κ1) is 16.1. The maximum Gasteiger partial charge on any atom is 0.284 e. The summed E-state index contributed by atoms with van der Waals surface area (Å²) >= 11 is 3.32. The minimum Gasteiger partial charge on any atom is -0.381 e. The van der Waals surface area contributed by atoms with Gasteiger partial charge in [-0.25, -0.2) is 4.68 Å². The molecule has 1 saturated carbocycles. The predicted octanol–water partition coefficient (Wildman–Crippen LogP) is 1.93. The van der Waals surface area contributed by atoms with Crippen LogP contribution in [0.1, 0.15) is 25.7 Å². The lowest BCUT2D eigenvalue weighted by molar-refractivity contribution is 0.254. The van der Waals surface area contributed by atoms with E-state index in [0.29, 0.717) is 16.2 Å². The van der Waals surface area contributed by atoms with E-state index in [1.807, 2.05) is 0 Å². The Balaban J connectivity index is 1.90. The maximum absolute atomic E-state index is 12.0. The lowest BCUT2D eigenvalue weighted by Gasteiger charge is -2.24. The highest BCUT2D eigenvalue weighted by Gasteiger charge is 2.19. The summed E-state index contributed by atoms with van der Waals surface area (Å²) in [7, 11) is 2.16. The van der Waals surface area contributed by atoms with Crippen molar-refractivity contribution in [3.63, 3.8) is 0 Å². The molecule has 0 bridgehead atoms. The van der Waals surface area contributed by atoms with Crippen molar-refractivity contribution < 1.29 is 0 Å². The third-order valence-electron chi connectivity index (χ3n) is 3.95. The zero-order valence-corrected chi connectivity index (χ0v) is 13.9. The highest BCUT2D eigenvalue weighted by molar-refractivity contribution is 9.10. The van der Waals surface area contributed by atoms with E-state index in [9.17, 15) is 4.79 Å². The molecule has 0 aromatic carbocycles. The van der Waals surface area contributed by atoms with Crippen LogP contribution >= 0.6 is 15.9 Å². The van der Waals surface area contributed by atoms with Crippen LogP contribution in [0.15, 0.2) is 15.5 Å². The molecular formula is C15H21BrN4O. The Morgan fingerprint density at radius 3 is 2.95 bits per heavy atom. The van der Waals surface area contributed by atoms with Crippen molar-refractivity contribution in [1.82, 2.24) is 14.7 Å². The largest absolute Gasteiger partial charge is 0.381 e. The predicted molar refractivity (Wildman–Crippen MR) is 88.4 cm³/mol. The van der Waals surface area contributed by atoms with E-state index in [1.165, 1.54) is 30.4 Å². The number of hydrogen-bond acceptors (Lipinski definition) is 4. The quantitative estimate of drug-likeness (QED) is 0.794. The highest BCUT2D eigenvalue weighted by atomic mass is 79.9. The van der Waals surface area contributed by atoms with Crippen molar-refractivity contribution in [2.24, 2.45) is 0 Å². The summed E-state index contributed by atoms with van der Waals surface area (Å²) in [4.78, 5) is 14.4. The van der Waals surface area contributed by atoms with Crippen molar-refractivity contribution in [1.29, 1.82) is 0 Å². The Bertz CT molecular complexity index is 572. The average Bonchev–Trinajstić information content (AvgIpc) is 3.00. The topological polar surface area (TPSA) is 50.2 Å². The van der Waals surface area contributed by atoms with E-state index in [2.05, 4.69) is 44.2 Å². The fraction of sp³-hybridized carbons (Fsp3) is 0.600. The van der Waals surface area contributed by atoms with E-state index < -0.39 is 0 Å². The van der Waals surface area contributed by atoms with Crippen molar-refractivity contribution >= 4 is 21.6 Å². The van der Waals surface area contributed by atoms with Gasteiger partial charge < -0.3 is 10.2 Å². The van der Waals surface area contributed by atoms with E-state index in [4.69, 9.17) is 6.42 Å². The lowest BCUT2D eigenvalue weighted by atomic mass is 10.2. The summed E-state index contributed by atoms with van der Waals surface area (Å²) in [5.74, 6) is 2.41. The number of rotatable bonds is 6. The third-order valence-corrected chi connectivity index (χ3v) is 4.72. The Hall–Kier alpha value is -1.32. The van der Waals surface area contributed by atoms with Crippen LogP contribution in [0.2, 0.25) is 0 Å². The van der Waals surface area contributed by atoms with E-state index in [0.717, 1.165) is 13.1 Å². The van der Waals surface area contributed by atoms with Crippen LogP contribution in [0.4, 0.5) is 5.69 Å². The van der Waals surface area contributed by atoms with Crippen LogP contribution in [0.25, 0.3) is 0 Å². The second-order valence-electron chi connectivity index (χ2n) is 5.38. The molecule has 0 unspecified atom stereocenters. The minimum atomic E-state index is -0.206. The number of anilines is 1. The summed E-state index contributed by atoms with van der Waals surface area (Å²) in [5.41, 5.74) is 0.509. The molecule has 1 aliphatic rings. The molecule has 1 fully saturated rings. The smallest absolute Gasteiger partial charge is 0.284 e. The van der Waals surface area contributed by atoms with Crippen LogP contribution in [0.5, 0.6) is 0 Å². The molecule has 0 aliphatic heterocycles. The van der Waals surface area contributed by atoms with Gasteiger partial charge in [0.05, 0.1) is 11.9 Å². The monoisotopic (exact) mass is 352 g/mol. The molecular weight excluding hydrogens is 332 g/mol. The van der Waals surface area contributed by atoms with Gasteiger partial charge in [0.15, 0.2) is 0 Å². The van der Waals surface area contributed by atoms with Gasteiger partial charge in [-0.05, 0) is 35.8 Å². The molecule has 1 aromatic heterocycles. The molecule has 0 radical (unpaired) electrons. The van der Waals surface area contributed by atoms with Crippen LogP contribution in [0.3, 0.4) is 0 Å². The summed E-state index contributed by atoms with van der Waals surface area (Å²) in [6.45, 7) is 1.92. The molecule has 21 heavy (non-hydrogen) atoms.